The minimum absolute atomic E-state index is 0.772. The Kier molecular flexibility index (Phi) is 3.27. The summed E-state index contributed by atoms with van der Waals surface area (Å²) in [6.45, 7) is 11.5. The molecule has 2 heterocycles. The highest BCUT2D eigenvalue weighted by molar-refractivity contribution is 5.53. The highest BCUT2D eigenvalue weighted by Crippen LogP contribution is 2.25. The summed E-state index contributed by atoms with van der Waals surface area (Å²) in [6, 6.07) is 7.59. The summed E-state index contributed by atoms with van der Waals surface area (Å²) < 4.78 is 0. The number of aryl methyl sites for hydroxylation is 2. The molecule has 2 aliphatic rings. The van der Waals surface area contributed by atoms with Crippen molar-refractivity contribution >= 4 is 5.69 Å². The van der Waals surface area contributed by atoms with E-state index in [1.165, 1.54) is 43.0 Å². The van der Waals surface area contributed by atoms with Crippen molar-refractivity contribution in [3.05, 3.63) is 29.3 Å². The molecule has 3 nitrogen and oxygen atoms in total. The van der Waals surface area contributed by atoms with E-state index in [1.54, 1.807) is 0 Å². The van der Waals surface area contributed by atoms with Gasteiger partial charge in [0.15, 0.2) is 0 Å². The summed E-state index contributed by atoms with van der Waals surface area (Å²) >= 11 is 0. The van der Waals surface area contributed by atoms with E-state index in [0.29, 0.717) is 0 Å². The van der Waals surface area contributed by atoms with E-state index in [4.69, 9.17) is 0 Å². The molecule has 0 bridgehead atoms. The van der Waals surface area contributed by atoms with Gasteiger partial charge in [0.05, 0.1) is 0 Å². The van der Waals surface area contributed by atoms with Crippen molar-refractivity contribution in [3.63, 3.8) is 0 Å². The fraction of sp³-hybridized carbons (Fsp3) is 0.600. The quantitative estimate of drug-likeness (QED) is 0.849. The molecule has 98 valence electrons. The predicted octanol–water partition coefficient (Wildman–Crippen LogP) is 1.40. The summed E-state index contributed by atoms with van der Waals surface area (Å²) in [5.74, 6) is 0. The smallest absolute Gasteiger partial charge is 0.0447 e. The number of hydrogen-bond donors (Lipinski definition) is 1. The van der Waals surface area contributed by atoms with Gasteiger partial charge < -0.3 is 10.2 Å². The Bertz CT molecular complexity index is 418. The lowest BCUT2D eigenvalue weighted by Crippen LogP contribution is -2.62. The molecular formula is C15H23N3. The van der Waals surface area contributed by atoms with Gasteiger partial charge in [0, 0.05) is 51.0 Å². The summed E-state index contributed by atoms with van der Waals surface area (Å²) in [7, 11) is 0. The molecule has 0 unspecified atom stereocenters. The maximum atomic E-state index is 3.42. The second kappa shape index (κ2) is 4.90. The van der Waals surface area contributed by atoms with Crippen LogP contribution in [0, 0.1) is 13.8 Å². The maximum absolute atomic E-state index is 3.42. The van der Waals surface area contributed by atoms with Crippen molar-refractivity contribution in [3.8, 4) is 0 Å². The lowest BCUT2D eigenvalue weighted by Gasteiger charge is -2.48. The molecule has 0 spiro atoms. The van der Waals surface area contributed by atoms with Gasteiger partial charge in [-0.15, -0.1) is 0 Å². The van der Waals surface area contributed by atoms with Crippen molar-refractivity contribution in [2.75, 3.05) is 44.2 Å². The summed E-state index contributed by atoms with van der Waals surface area (Å²) in [6.07, 6.45) is 0. The Morgan fingerprint density at radius 2 is 1.78 bits per heavy atom. The van der Waals surface area contributed by atoms with Crippen LogP contribution in [0.15, 0.2) is 18.2 Å². The number of nitrogens with one attached hydrogen (secondary N) is 1. The van der Waals surface area contributed by atoms with E-state index < -0.39 is 0 Å². The van der Waals surface area contributed by atoms with Crippen LogP contribution in [0.25, 0.3) is 0 Å². The fourth-order valence-electron chi connectivity index (χ4n) is 2.87. The molecule has 0 radical (unpaired) electrons. The first kappa shape index (κ1) is 12.0. The van der Waals surface area contributed by atoms with E-state index in [2.05, 4.69) is 47.2 Å². The molecule has 0 amide bonds. The van der Waals surface area contributed by atoms with Gasteiger partial charge in [0.25, 0.3) is 0 Å². The summed E-state index contributed by atoms with van der Waals surface area (Å²) in [5.41, 5.74) is 4.18. The van der Waals surface area contributed by atoms with E-state index in [1.807, 2.05) is 0 Å². The molecule has 18 heavy (non-hydrogen) atoms. The maximum Gasteiger partial charge on any atom is 0.0447 e. The lowest BCUT2D eigenvalue weighted by molar-refractivity contribution is 0.147. The zero-order valence-electron chi connectivity index (χ0n) is 11.4. The highest BCUT2D eigenvalue weighted by atomic mass is 15.3. The van der Waals surface area contributed by atoms with Crippen molar-refractivity contribution in [1.29, 1.82) is 0 Å². The molecule has 1 N–H and O–H groups in total. The number of nitrogens with zero attached hydrogens (tertiary/aromatic N) is 2. The average Bonchev–Trinajstić information content (AvgIpc) is 2.33. The molecule has 2 fully saturated rings. The Morgan fingerprint density at radius 3 is 2.44 bits per heavy atom. The van der Waals surface area contributed by atoms with Crippen LogP contribution in [0.4, 0.5) is 5.69 Å². The highest BCUT2D eigenvalue weighted by Gasteiger charge is 2.32. The van der Waals surface area contributed by atoms with Gasteiger partial charge in [-0.25, -0.2) is 0 Å². The normalized spacial score (nSPS) is 22.0. The van der Waals surface area contributed by atoms with Crippen molar-refractivity contribution < 1.29 is 0 Å². The summed E-state index contributed by atoms with van der Waals surface area (Å²) in [4.78, 5) is 5.13. The van der Waals surface area contributed by atoms with Gasteiger partial charge in [-0.3, -0.25) is 4.90 Å². The molecule has 0 atom stereocenters. The zero-order chi connectivity index (χ0) is 12.5. The monoisotopic (exact) mass is 245 g/mol. The molecule has 3 heteroatoms. The third kappa shape index (κ3) is 2.25. The van der Waals surface area contributed by atoms with Crippen LogP contribution in [-0.2, 0) is 0 Å². The number of rotatable bonds is 2. The van der Waals surface area contributed by atoms with Crippen LogP contribution in [0.5, 0.6) is 0 Å². The molecule has 0 aliphatic carbocycles. The van der Waals surface area contributed by atoms with Crippen molar-refractivity contribution in [2.24, 2.45) is 0 Å². The van der Waals surface area contributed by atoms with E-state index in [0.717, 1.165) is 19.1 Å². The number of benzene rings is 1. The fourth-order valence-corrected chi connectivity index (χ4v) is 2.87. The largest absolute Gasteiger partial charge is 0.368 e. The number of hydrogen-bond acceptors (Lipinski definition) is 3. The molecular weight excluding hydrogens is 222 g/mol. The first-order valence-corrected chi connectivity index (χ1v) is 7.01. The van der Waals surface area contributed by atoms with Crippen molar-refractivity contribution in [1.82, 2.24) is 10.2 Å². The van der Waals surface area contributed by atoms with Gasteiger partial charge in [0.1, 0.15) is 0 Å². The second-order valence-corrected chi connectivity index (χ2v) is 5.61. The van der Waals surface area contributed by atoms with E-state index >= 15 is 0 Å². The van der Waals surface area contributed by atoms with Gasteiger partial charge in [0.2, 0.25) is 0 Å². The van der Waals surface area contributed by atoms with Gasteiger partial charge in [-0.1, -0.05) is 6.07 Å². The number of piperazine rings is 1. The van der Waals surface area contributed by atoms with Gasteiger partial charge in [-0.2, -0.15) is 0 Å². The first-order valence-electron chi connectivity index (χ1n) is 7.01. The second-order valence-electron chi connectivity index (χ2n) is 5.61. The molecule has 0 saturated carbocycles. The van der Waals surface area contributed by atoms with Crippen molar-refractivity contribution in [2.45, 2.75) is 19.9 Å². The third-order valence-corrected chi connectivity index (χ3v) is 4.39. The van der Waals surface area contributed by atoms with Crippen LogP contribution in [0.3, 0.4) is 0 Å². The summed E-state index contributed by atoms with van der Waals surface area (Å²) in [5, 5.41) is 3.42. The molecule has 1 aromatic rings. The first-order chi connectivity index (χ1) is 8.74. The molecule has 3 rings (SSSR count). The number of anilines is 1. The van der Waals surface area contributed by atoms with Gasteiger partial charge in [-0.05, 0) is 37.1 Å². The van der Waals surface area contributed by atoms with E-state index in [-0.39, 0.29) is 0 Å². The van der Waals surface area contributed by atoms with Crippen LogP contribution in [0.1, 0.15) is 11.1 Å². The zero-order valence-corrected chi connectivity index (χ0v) is 11.4. The Hall–Kier alpha value is -1.06. The van der Waals surface area contributed by atoms with Gasteiger partial charge >= 0.3 is 0 Å². The van der Waals surface area contributed by atoms with Crippen LogP contribution >= 0.6 is 0 Å². The Morgan fingerprint density at radius 1 is 1.06 bits per heavy atom. The molecule has 0 aromatic heterocycles. The van der Waals surface area contributed by atoms with Crippen LogP contribution in [0.2, 0.25) is 0 Å². The van der Waals surface area contributed by atoms with E-state index in [9.17, 15) is 0 Å². The molecule has 2 aliphatic heterocycles. The lowest BCUT2D eigenvalue weighted by atomic mass is 10.0. The minimum Gasteiger partial charge on any atom is -0.368 e. The minimum atomic E-state index is 0.772. The van der Waals surface area contributed by atoms with Crippen LogP contribution < -0.4 is 10.2 Å². The molecule has 1 aromatic carbocycles. The SMILES string of the molecule is Cc1ccc(N2CC(N3CCNCC3)C2)cc1C. The van der Waals surface area contributed by atoms with Crippen LogP contribution in [-0.4, -0.2) is 50.2 Å². The topological polar surface area (TPSA) is 18.5 Å². The standard InChI is InChI=1S/C15H23N3/c1-12-3-4-14(9-13(12)2)18-10-15(11-18)17-7-5-16-6-8-17/h3-4,9,15-16H,5-8,10-11H2,1-2H3. The molecule has 2 saturated heterocycles. The Balaban J connectivity index is 1.59. The average molecular weight is 245 g/mol. The Labute approximate surface area is 110 Å². The third-order valence-electron chi connectivity index (χ3n) is 4.39. The predicted molar refractivity (Wildman–Crippen MR) is 76.4 cm³/mol.